The van der Waals surface area contributed by atoms with Crippen molar-refractivity contribution in [3.8, 4) is 5.75 Å². The van der Waals surface area contributed by atoms with Crippen molar-refractivity contribution in [2.24, 2.45) is 40.9 Å². The molecule has 0 saturated heterocycles. The van der Waals surface area contributed by atoms with Gasteiger partial charge in [-0.15, -0.1) is 0 Å². The molecular formula is C41H34N8O4S. The predicted molar refractivity (Wildman–Crippen MR) is 210 cm³/mol. The molecule has 1 N–H and O–H groups in total. The predicted octanol–water partition coefficient (Wildman–Crippen LogP) is 13.5. The lowest BCUT2D eigenvalue weighted by atomic mass is 10.1. The molecule has 13 heteroatoms. The van der Waals surface area contributed by atoms with Crippen LogP contribution in [0.3, 0.4) is 0 Å². The van der Waals surface area contributed by atoms with E-state index in [2.05, 4.69) is 40.9 Å². The Morgan fingerprint density at radius 1 is 0.500 bits per heavy atom. The maximum absolute atomic E-state index is 12.3. The molecule has 0 amide bonds. The van der Waals surface area contributed by atoms with Gasteiger partial charge in [-0.1, -0.05) is 48.0 Å². The fourth-order valence-electron chi connectivity index (χ4n) is 4.81. The number of hydrogen-bond donors (Lipinski definition) is 1. The summed E-state index contributed by atoms with van der Waals surface area (Å²) in [4.78, 5) is -0.295. The summed E-state index contributed by atoms with van der Waals surface area (Å²) >= 11 is 0. The molecule has 0 aliphatic carbocycles. The van der Waals surface area contributed by atoms with Crippen LogP contribution in [-0.2, 0) is 10.1 Å². The first kappa shape index (κ1) is 36.9. The second-order valence-electron chi connectivity index (χ2n) is 11.7. The highest BCUT2D eigenvalue weighted by Crippen LogP contribution is 2.29. The topological polar surface area (TPSA) is 162 Å². The van der Waals surface area contributed by atoms with Crippen LogP contribution >= 0.6 is 0 Å². The Bertz CT molecular complexity index is 2450. The Labute approximate surface area is 312 Å². The van der Waals surface area contributed by atoms with Gasteiger partial charge in [0.15, 0.2) is 0 Å². The van der Waals surface area contributed by atoms with Gasteiger partial charge in [-0.3, -0.25) is 4.55 Å². The van der Waals surface area contributed by atoms with Gasteiger partial charge < -0.3 is 4.74 Å². The summed E-state index contributed by atoms with van der Waals surface area (Å²) in [6.45, 7) is 4.54. The maximum Gasteiger partial charge on any atom is 0.295 e. The van der Waals surface area contributed by atoms with Crippen molar-refractivity contribution in [3.63, 3.8) is 0 Å². The molecule has 54 heavy (non-hydrogen) atoms. The van der Waals surface area contributed by atoms with Crippen LogP contribution in [0, 0.1) is 6.92 Å². The lowest BCUT2D eigenvalue weighted by Gasteiger charge is -2.04. The van der Waals surface area contributed by atoms with Crippen LogP contribution in [-0.4, -0.2) is 19.6 Å². The maximum atomic E-state index is 12.3. The van der Waals surface area contributed by atoms with Crippen LogP contribution in [0.2, 0.25) is 0 Å². The molecule has 0 spiro atoms. The van der Waals surface area contributed by atoms with E-state index in [0.29, 0.717) is 40.7 Å². The standard InChI is InChI=1S/C41H34N8O4S/c1-3-53-40-26-24-38(25-27-40)47-46-36-18-16-35(17-19-36)45-43-33-13-7-30(8-14-33)6-9-31-10-15-39(28-41(31)54(50,51)52)49-48-37-22-20-34(21-23-37)44-42-32-11-4-29(2)5-12-32/h4-28H,3H2,1-2H3,(H,50,51,52). The third-order valence-electron chi connectivity index (χ3n) is 7.63. The van der Waals surface area contributed by atoms with E-state index in [1.165, 1.54) is 6.07 Å². The van der Waals surface area contributed by atoms with E-state index in [9.17, 15) is 13.0 Å². The van der Waals surface area contributed by atoms with E-state index in [0.717, 1.165) is 22.6 Å². The van der Waals surface area contributed by atoms with Crippen LogP contribution in [0.4, 0.5) is 45.5 Å². The fourth-order valence-corrected chi connectivity index (χ4v) is 5.51. The average molecular weight is 735 g/mol. The molecule has 0 bridgehead atoms. The quantitative estimate of drug-likeness (QED) is 0.0709. The van der Waals surface area contributed by atoms with Gasteiger partial charge in [0, 0.05) is 0 Å². The van der Waals surface area contributed by atoms with Crippen molar-refractivity contribution in [2.45, 2.75) is 18.7 Å². The highest BCUT2D eigenvalue weighted by molar-refractivity contribution is 7.86. The molecule has 0 fully saturated rings. The summed E-state index contributed by atoms with van der Waals surface area (Å²) in [5.41, 5.74) is 7.04. The molecule has 6 aromatic carbocycles. The van der Waals surface area contributed by atoms with Gasteiger partial charge in [0.1, 0.15) is 10.6 Å². The van der Waals surface area contributed by atoms with E-state index in [1.807, 2.05) is 74.5 Å². The second-order valence-corrected chi connectivity index (χ2v) is 13.1. The van der Waals surface area contributed by atoms with Crippen molar-refractivity contribution < 1.29 is 17.7 Å². The molecular weight excluding hydrogens is 701 g/mol. The molecule has 6 rings (SSSR count). The number of benzene rings is 6. The first-order valence-electron chi connectivity index (χ1n) is 16.8. The van der Waals surface area contributed by atoms with Crippen LogP contribution in [0.5, 0.6) is 5.75 Å². The molecule has 0 unspecified atom stereocenters. The highest BCUT2D eigenvalue weighted by Gasteiger charge is 2.15. The molecule has 0 radical (unpaired) electrons. The van der Waals surface area contributed by atoms with Crippen LogP contribution < -0.4 is 4.74 Å². The summed E-state index contributed by atoms with van der Waals surface area (Å²) < 4.78 is 40.0. The SMILES string of the molecule is CCOc1ccc(N=Nc2ccc(N=Nc3ccc(C=Cc4ccc(N=Nc5ccc(N=Nc6ccc(C)cc6)cc5)cc4S(=O)(=O)O)cc3)cc2)cc1. The Hall–Kier alpha value is -6.83. The largest absolute Gasteiger partial charge is 0.494 e. The Morgan fingerprint density at radius 2 is 0.852 bits per heavy atom. The average Bonchev–Trinajstić information content (AvgIpc) is 3.19. The van der Waals surface area contributed by atoms with Gasteiger partial charge in [-0.05, 0) is 134 Å². The minimum absolute atomic E-state index is 0.251. The number of azo groups is 4. The Balaban J connectivity index is 1.05. The van der Waals surface area contributed by atoms with Crippen molar-refractivity contribution in [2.75, 3.05) is 6.61 Å². The third kappa shape index (κ3) is 10.8. The Kier molecular flexibility index (Phi) is 12.0. The van der Waals surface area contributed by atoms with Crippen LogP contribution in [0.15, 0.2) is 185 Å². The fraction of sp³-hybridized carbons (Fsp3) is 0.0732. The Morgan fingerprint density at radius 3 is 1.26 bits per heavy atom. The van der Waals surface area contributed by atoms with Gasteiger partial charge in [0.25, 0.3) is 10.1 Å². The monoisotopic (exact) mass is 734 g/mol. The van der Waals surface area contributed by atoms with Gasteiger partial charge >= 0.3 is 0 Å². The summed E-state index contributed by atoms with van der Waals surface area (Å²) in [5, 5.41) is 33.9. The lowest BCUT2D eigenvalue weighted by Crippen LogP contribution is -2.00. The van der Waals surface area contributed by atoms with Gasteiger partial charge in [-0.2, -0.15) is 49.3 Å². The van der Waals surface area contributed by atoms with E-state index in [1.54, 1.807) is 84.9 Å². The van der Waals surface area contributed by atoms with Gasteiger partial charge in [-0.25, -0.2) is 0 Å². The highest BCUT2D eigenvalue weighted by atomic mass is 32.2. The number of aryl methyl sites for hydroxylation is 1. The van der Waals surface area contributed by atoms with Crippen molar-refractivity contribution in [1.82, 2.24) is 0 Å². The van der Waals surface area contributed by atoms with Crippen LogP contribution in [0.25, 0.3) is 12.2 Å². The first-order chi connectivity index (χ1) is 26.2. The summed E-state index contributed by atoms with van der Waals surface area (Å²) in [6, 6.07) is 40.9. The van der Waals surface area contributed by atoms with E-state index < -0.39 is 10.1 Å². The first-order valence-corrected chi connectivity index (χ1v) is 18.2. The molecule has 0 aliphatic heterocycles. The lowest BCUT2D eigenvalue weighted by molar-refractivity contribution is 0.340. The minimum atomic E-state index is -4.56. The molecule has 0 aliphatic rings. The molecule has 12 nitrogen and oxygen atoms in total. The molecule has 0 saturated carbocycles. The van der Waals surface area contributed by atoms with E-state index in [-0.39, 0.29) is 16.1 Å². The van der Waals surface area contributed by atoms with Crippen molar-refractivity contribution in [1.29, 1.82) is 0 Å². The van der Waals surface area contributed by atoms with Gasteiger partial charge in [0.05, 0.1) is 52.1 Å². The normalized spacial score (nSPS) is 12.2. The summed E-state index contributed by atoms with van der Waals surface area (Å²) in [6.07, 6.45) is 3.32. The molecule has 0 atom stereocenters. The second kappa shape index (κ2) is 17.6. The van der Waals surface area contributed by atoms with E-state index in [4.69, 9.17) is 4.74 Å². The molecule has 0 aromatic heterocycles. The zero-order chi connectivity index (χ0) is 37.8. The summed E-state index contributed by atoms with van der Waals surface area (Å²) in [5.74, 6) is 0.784. The number of hydrogen-bond acceptors (Lipinski definition) is 11. The third-order valence-corrected chi connectivity index (χ3v) is 8.54. The van der Waals surface area contributed by atoms with Crippen molar-refractivity contribution >= 4 is 67.8 Å². The zero-order valence-electron chi connectivity index (χ0n) is 29.3. The number of ether oxygens (including phenoxy) is 1. The van der Waals surface area contributed by atoms with E-state index >= 15 is 0 Å². The zero-order valence-corrected chi connectivity index (χ0v) is 30.1. The van der Waals surface area contributed by atoms with Gasteiger partial charge in [0.2, 0.25) is 0 Å². The smallest absolute Gasteiger partial charge is 0.295 e. The summed E-state index contributed by atoms with van der Waals surface area (Å²) in [7, 11) is -4.56. The van der Waals surface area contributed by atoms with Crippen molar-refractivity contribution in [3.05, 3.63) is 156 Å². The molecule has 268 valence electrons. The molecule has 6 aromatic rings. The number of rotatable bonds is 13. The number of nitrogens with zero attached hydrogens (tertiary/aromatic N) is 8. The van der Waals surface area contributed by atoms with Crippen LogP contribution in [0.1, 0.15) is 23.6 Å². The minimum Gasteiger partial charge on any atom is -0.494 e. The molecule has 0 heterocycles.